The molecule has 1 atom stereocenters. The molecule has 0 amide bonds. The summed E-state index contributed by atoms with van der Waals surface area (Å²) in [4.78, 5) is 0. The molecule has 134 valence electrons. The van der Waals surface area contributed by atoms with Crippen LogP contribution < -0.4 is 16.0 Å². The van der Waals surface area contributed by atoms with Crippen LogP contribution in [0.2, 0.25) is 0 Å². The van der Waals surface area contributed by atoms with Crippen molar-refractivity contribution >= 4 is 35.3 Å². The summed E-state index contributed by atoms with van der Waals surface area (Å²) in [5.74, 6) is 6.67. The normalized spacial score (nSPS) is 12.7. The van der Waals surface area contributed by atoms with E-state index in [1.165, 1.54) is 17.9 Å². The maximum atomic E-state index is 8.87. The van der Waals surface area contributed by atoms with Gasteiger partial charge in [0.05, 0.1) is 13.2 Å². The van der Waals surface area contributed by atoms with E-state index < -0.39 is 0 Å². The van der Waals surface area contributed by atoms with Crippen molar-refractivity contribution in [3.05, 3.63) is 0 Å². The Hall–Kier alpha value is 0.850. The predicted molar refractivity (Wildman–Crippen MR) is 104 cm³/mol. The first-order valence-electron chi connectivity index (χ1n) is 7.92. The van der Waals surface area contributed by atoms with Gasteiger partial charge in [0.2, 0.25) is 0 Å². The molecule has 0 saturated heterocycles. The van der Waals surface area contributed by atoms with Gasteiger partial charge in [0, 0.05) is 37.3 Å². The zero-order valence-electron chi connectivity index (χ0n) is 13.7. The average Bonchev–Trinajstić information content (AvgIpc) is 2.53. The number of nitrogens with one attached hydrogen (secondary N) is 3. The van der Waals surface area contributed by atoms with Crippen molar-refractivity contribution in [2.45, 2.75) is 13.3 Å². The fraction of sp³-hybridized carbons (Fsp3) is 1.00. The molecule has 0 aromatic heterocycles. The lowest BCUT2D eigenvalue weighted by Gasteiger charge is -2.17. The fourth-order valence-electron chi connectivity index (χ4n) is 1.65. The summed E-state index contributed by atoms with van der Waals surface area (Å²) in [6.45, 7) is 5.33. The Kier molecular flexibility index (Phi) is 20.7. The molecular formula is C14H33N3O2S3. The van der Waals surface area contributed by atoms with Crippen LogP contribution >= 0.6 is 35.3 Å². The molecule has 0 heterocycles. The zero-order valence-corrected chi connectivity index (χ0v) is 16.1. The Morgan fingerprint density at radius 1 is 0.818 bits per heavy atom. The molecular weight excluding hydrogens is 338 g/mol. The Balaban J connectivity index is 3.51. The maximum absolute atomic E-state index is 8.87. The smallest absolute Gasteiger partial charge is 0.0522 e. The standard InChI is InChI=1S/C14H33N3O2S3/c1-2-5-20-9-14(10-21-6-3-18)8-15-11-16-12-17-13-22-7-4-19/h14-19H,2-13H2,1H3. The van der Waals surface area contributed by atoms with Gasteiger partial charge in [0.25, 0.3) is 0 Å². The molecule has 22 heavy (non-hydrogen) atoms. The van der Waals surface area contributed by atoms with Crippen molar-refractivity contribution in [2.24, 2.45) is 5.92 Å². The highest BCUT2D eigenvalue weighted by atomic mass is 32.2. The molecule has 0 aromatic carbocycles. The van der Waals surface area contributed by atoms with Crippen molar-refractivity contribution in [3.8, 4) is 0 Å². The van der Waals surface area contributed by atoms with Crippen molar-refractivity contribution in [2.75, 3.05) is 67.7 Å². The molecule has 5 nitrogen and oxygen atoms in total. The van der Waals surface area contributed by atoms with E-state index in [-0.39, 0.29) is 13.2 Å². The van der Waals surface area contributed by atoms with E-state index in [0.29, 0.717) is 5.92 Å². The maximum Gasteiger partial charge on any atom is 0.0522 e. The molecule has 0 spiro atoms. The number of aliphatic hydroxyl groups is 2. The van der Waals surface area contributed by atoms with Gasteiger partial charge in [-0.3, -0.25) is 10.6 Å². The Bertz CT molecular complexity index is 208. The molecule has 0 saturated carbocycles. The van der Waals surface area contributed by atoms with Crippen LogP contribution in [-0.4, -0.2) is 78.0 Å². The Morgan fingerprint density at radius 2 is 1.45 bits per heavy atom. The van der Waals surface area contributed by atoms with Gasteiger partial charge < -0.3 is 15.5 Å². The van der Waals surface area contributed by atoms with Crippen molar-refractivity contribution < 1.29 is 10.2 Å². The van der Waals surface area contributed by atoms with Gasteiger partial charge >= 0.3 is 0 Å². The topological polar surface area (TPSA) is 76.5 Å². The second-order valence-corrected chi connectivity index (χ2v) is 8.23. The first-order chi connectivity index (χ1) is 10.8. The molecule has 0 aliphatic rings. The minimum Gasteiger partial charge on any atom is -0.396 e. The van der Waals surface area contributed by atoms with E-state index in [2.05, 4.69) is 22.9 Å². The predicted octanol–water partition coefficient (Wildman–Crippen LogP) is 0.838. The van der Waals surface area contributed by atoms with E-state index in [1.807, 2.05) is 23.5 Å². The van der Waals surface area contributed by atoms with Gasteiger partial charge in [-0.2, -0.15) is 23.5 Å². The third-order valence-electron chi connectivity index (χ3n) is 2.66. The summed E-state index contributed by atoms with van der Waals surface area (Å²) in [7, 11) is 0. The highest BCUT2D eigenvalue weighted by molar-refractivity contribution is 8.00. The van der Waals surface area contributed by atoms with Crippen LogP contribution in [0.4, 0.5) is 0 Å². The largest absolute Gasteiger partial charge is 0.396 e. The number of aliphatic hydroxyl groups excluding tert-OH is 2. The van der Waals surface area contributed by atoms with Gasteiger partial charge in [0.1, 0.15) is 0 Å². The zero-order chi connectivity index (χ0) is 16.3. The number of hydrogen-bond donors (Lipinski definition) is 5. The van der Waals surface area contributed by atoms with Gasteiger partial charge in [0.15, 0.2) is 0 Å². The van der Waals surface area contributed by atoms with Crippen LogP contribution in [0.3, 0.4) is 0 Å². The van der Waals surface area contributed by atoms with E-state index in [1.54, 1.807) is 11.8 Å². The van der Waals surface area contributed by atoms with Crippen LogP contribution in [0.1, 0.15) is 13.3 Å². The molecule has 5 N–H and O–H groups in total. The molecule has 0 aliphatic carbocycles. The highest BCUT2D eigenvalue weighted by Gasteiger charge is 2.08. The summed E-state index contributed by atoms with van der Waals surface area (Å²) in [5.41, 5.74) is 0. The minimum atomic E-state index is 0.243. The average molecular weight is 372 g/mol. The van der Waals surface area contributed by atoms with E-state index >= 15 is 0 Å². The van der Waals surface area contributed by atoms with E-state index in [4.69, 9.17) is 10.2 Å². The van der Waals surface area contributed by atoms with Crippen molar-refractivity contribution in [1.82, 2.24) is 16.0 Å². The summed E-state index contributed by atoms with van der Waals surface area (Å²) in [6.07, 6.45) is 1.23. The Labute approximate surface area is 148 Å². The molecule has 1 unspecified atom stereocenters. The lowest BCUT2D eigenvalue weighted by molar-refractivity contribution is 0.322. The van der Waals surface area contributed by atoms with Gasteiger partial charge in [-0.1, -0.05) is 6.92 Å². The van der Waals surface area contributed by atoms with E-state index in [0.717, 1.165) is 43.0 Å². The van der Waals surface area contributed by atoms with Crippen LogP contribution in [-0.2, 0) is 0 Å². The number of rotatable bonds is 18. The highest BCUT2D eigenvalue weighted by Crippen LogP contribution is 2.14. The van der Waals surface area contributed by atoms with Gasteiger partial charge in [-0.05, 0) is 29.6 Å². The quantitative estimate of drug-likeness (QED) is 0.179. The lowest BCUT2D eigenvalue weighted by Crippen LogP contribution is -2.38. The minimum absolute atomic E-state index is 0.243. The van der Waals surface area contributed by atoms with Crippen LogP contribution in [0.25, 0.3) is 0 Å². The molecule has 0 bridgehead atoms. The van der Waals surface area contributed by atoms with Crippen LogP contribution in [0.15, 0.2) is 0 Å². The summed E-state index contributed by atoms with van der Waals surface area (Å²) in [5, 5.41) is 27.5. The fourth-order valence-corrected chi connectivity index (χ4v) is 4.21. The molecule has 0 rings (SSSR count). The second kappa shape index (κ2) is 19.9. The SMILES string of the molecule is CCCSCC(CNCNCNCSCCO)CSCCO. The van der Waals surface area contributed by atoms with Gasteiger partial charge in [-0.25, -0.2) is 0 Å². The molecule has 0 fully saturated rings. The van der Waals surface area contributed by atoms with Crippen LogP contribution in [0, 0.1) is 5.92 Å². The molecule has 0 aromatic rings. The van der Waals surface area contributed by atoms with E-state index in [9.17, 15) is 0 Å². The van der Waals surface area contributed by atoms with Gasteiger partial charge in [-0.15, -0.1) is 11.8 Å². The third kappa shape index (κ3) is 17.2. The lowest BCUT2D eigenvalue weighted by atomic mass is 10.2. The summed E-state index contributed by atoms with van der Waals surface area (Å²) >= 11 is 5.56. The second-order valence-electron chi connectivity index (χ2n) is 4.82. The molecule has 0 aliphatic heterocycles. The molecule has 8 heteroatoms. The summed E-state index contributed by atoms with van der Waals surface area (Å²) < 4.78 is 0. The Morgan fingerprint density at radius 3 is 2.14 bits per heavy atom. The monoisotopic (exact) mass is 371 g/mol. The number of thioether (sulfide) groups is 3. The van der Waals surface area contributed by atoms with Crippen LogP contribution in [0.5, 0.6) is 0 Å². The molecule has 0 radical (unpaired) electrons. The summed E-state index contributed by atoms with van der Waals surface area (Å²) in [6, 6.07) is 0. The third-order valence-corrected chi connectivity index (χ3v) is 6.13. The first kappa shape index (κ1) is 22.9. The van der Waals surface area contributed by atoms with Crippen molar-refractivity contribution in [3.63, 3.8) is 0 Å². The first-order valence-corrected chi connectivity index (χ1v) is 11.4. The van der Waals surface area contributed by atoms with Crippen molar-refractivity contribution in [1.29, 1.82) is 0 Å². The number of hydrogen-bond acceptors (Lipinski definition) is 8.